The number of hydrogen-bond donors (Lipinski definition) is 0. The molecule has 19 heavy (non-hydrogen) atoms. The van der Waals surface area contributed by atoms with E-state index in [4.69, 9.17) is 10.2 Å². The number of hydrogen-bond acceptors (Lipinski definition) is 3. The molecule has 0 amide bonds. The van der Waals surface area contributed by atoms with Gasteiger partial charge in [-0.05, 0) is 48.3 Å². The van der Waals surface area contributed by atoms with Crippen LogP contribution in [0.1, 0.15) is 43.3 Å². The topological polar surface area (TPSA) is 36.7 Å². The minimum Gasteiger partial charge on any atom is -0.242 e. The standard InChI is InChI=1S/C16H18N2S/c1-16(2,3)12-4-5-14-10(7-12)6-11-8-13(9-17)19-15(11)18-14/h6,8,12H,4-5,7H2,1-3H3. The van der Waals surface area contributed by atoms with E-state index >= 15 is 0 Å². The van der Waals surface area contributed by atoms with E-state index in [1.54, 1.807) is 0 Å². The number of thiophene rings is 1. The van der Waals surface area contributed by atoms with Crippen molar-refractivity contribution in [1.29, 1.82) is 5.26 Å². The normalized spacial score (nSPS) is 19.2. The second-order valence-electron chi connectivity index (χ2n) is 6.52. The maximum Gasteiger partial charge on any atom is 0.124 e. The molecule has 1 unspecified atom stereocenters. The van der Waals surface area contributed by atoms with Crippen LogP contribution in [0.2, 0.25) is 0 Å². The molecule has 1 aliphatic rings. The van der Waals surface area contributed by atoms with Crippen molar-refractivity contribution < 1.29 is 0 Å². The molecule has 2 heterocycles. The van der Waals surface area contributed by atoms with E-state index in [9.17, 15) is 0 Å². The highest BCUT2D eigenvalue weighted by Gasteiger charge is 2.29. The maximum atomic E-state index is 8.99. The molecule has 0 fully saturated rings. The number of nitriles is 1. The third-order valence-corrected chi connectivity index (χ3v) is 5.16. The first-order valence-corrected chi connectivity index (χ1v) is 7.61. The van der Waals surface area contributed by atoms with E-state index in [2.05, 4.69) is 32.9 Å². The zero-order valence-corrected chi connectivity index (χ0v) is 12.5. The summed E-state index contributed by atoms with van der Waals surface area (Å²) in [6.45, 7) is 6.98. The average molecular weight is 270 g/mol. The van der Waals surface area contributed by atoms with Crippen LogP contribution in [0.15, 0.2) is 12.1 Å². The smallest absolute Gasteiger partial charge is 0.124 e. The number of nitrogens with zero attached hydrogens (tertiary/aromatic N) is 2. The molecule has 0 saturated carbocycles. The van der Waals surface area contributed by atoms with Gasteiger partial charge in [0, 0.05) is 11.1 Å². The van der Waals surface area contributed by atoms with Gasteiger partial charge in [-0.1, -0.05) is 20.8 Å². The summed E-state index contributed by atoms with van der Waals surface area (Å²) in [6, 6.07) is 6.44. The average Bonchev–Trinajstić information content (AvgIpc) is 2.75. The number of aromatic nitrogens is 1. The van der Waals surface area contributed by atoms with E-state index in [1.807, 2.05) is 6.07 Å². The van der Waals surface area contributed by atoms with Crippen molar-refractivity contribution in [2.75, 3.05) is 0 Å². The van der Waals surface area contributed by atoms with Gasteiger partial charge in [0.1, 0.15) is 15.8 Å². The van der Waals surface area contributed by atoms with Crippen molar-refractivity contribution in [2.24, 2.45) is 11.3 Å². The zero-order valence-electron chi connectivity index (χ0n) is 11.7. The largest absolute Gasteiger partial charge is 0.242 e. The Balaban J connectivity index is 2.03. The predicted molar refractivity (Wildman–Crippen MR) is 79.3 cm³/mol. The second-order valence-corrected chi connectivity index (χ2v) is 7.55. The van der Waals surface area contributed by atoms with Gasteiger partial charge in [0.15, 0.2) is 0 Å². The van der Waals surface area contributed by atoms with Crippen molar-refractivity contribution in [3.63, 3.8) is 0 Å². The van der Waals surface area contributed by atoms with Gasteiger partial charge in [-0.15, -0.1) is 11.3 Å². The lowest BCUT2D eigenvalue weighted by molar-refractivity contribution is 0.215. The van der Waals surface area contributed by atoms with Crippen LogP contribution in [0.5, 0.6) is 0 Å². The Bertz CT molecular complexity index is 670. The summed E-state index contributed by atoms with van der Waals surface area (Å²) in [5, 5.41) is 10.1. The summed E-state index contributed by atoms with van der Waals surface area (Å²) in [7, 11) is 0. The molecule has 0 saturated heterocycles. The number of pyridine rings is 1. The van der Waals surface area contributed by atoms with E-state index in [0.717, 1.165) is 33.9 Å². The molecule has 98 valence electrons. The molecule has 0 radical (unpaired) electrons. The molecule has 2 nitrogen and oxygen atoms in total. The molecule has 1 atom stereocenters. The van der Waals surface area contributed by atoms with E-state index in [-0.39, 0.29) is 0 Å². The highest BCUT2D eigenvalue weighted by Crippen LogP contribution is 2.38. The Morgan fingerprint density at radius 1 is 1.37 bits per heavy atom. The van der Waals surface area contributed by atoms with Crippen LogP contribution in [0.4, 0.5) is 0 Å². The third kappa shape index (κ3) is 2.26. The summed E-state index contributed by atoms with van der Waals surface area (Å²) >= 11 is 1.50. The molecule has 3 rings (SSSR count). The van der Waals surface area contributed by atoms with Gasteiger partial charge in [-0.2, -0.15) is 5.26 Å². The van der Waals surface area contributed by atoms with Gasteiger partial charge in [-0.25, -0.2) is 4.98 Å². The molecule has 0 aliphatic heterocycles. The molecule has 1 aliphatic carbocycles. The second kappa shape index (κ2) is 4.31. The fraction of sp³-hybridized carbons (Fsp3) is 0.500. The van der Waals surface area contributed by atoms with E-state index in [1.165, 1.54) is 29.0 Å². The lowest BCUT2D eigenvalue weighted by Gasteiger charge is -2.34. The Morgan fingerprint density at radius 3 is 2.84 bits per heavy atom. The first-order valence-electron chi connectivity index (χ1n) is 6.80. The molecule has 0 bridgehead atoms. The van der Waals surface area contributed by atoms with Crippen LogP contribution in [-0.4, -0.2) is 4.98 Å². The van der Waals surface area contributed by atoms with Crippen LogP contribution in [0.3, 0.4) is 0 Å². The van der Waals surface area contributed by atoms with Crippen molar-refractivity contribution in [2.45, 2.75) is 40.0 Å². The summed E-state index contributed by atoms with van der Waals surface area (Å²) in [5.74, 6) is 0.730. The Morgan fingerprint density at radius 2 is 2.16 bits per heavy atom. The minimum atomic E-state index is 0.360. The monoisotopic (exact) mass is 270 g/mol. The molecule has 0 N–H and O–H groups in total. The molecule has 2 aromatic heterocycles. The quantitative estimate of drug-likeness (QED) is 0.715. The third-order valence-electron chi connectivity index (χ3n) is 4.21. The van der Waals surface area contributed by atoms with Gasteiger partial charge < -0.3 is 0 Å². The molecule has 3 heteroatoms. The first kappa shape index (κ1) is 12.6. The van der Waals surface area contributed by atoms with Crippen molar-refractivity contribution in [1.82, 2.24) is 4.98 Å². The van der Waals surface area contributed by atoms with Crippen LogP contribution in [0.25, 0.3) is 10.2 Å². The molecule has 2 aromatic rings. The Labute approximate surface area is 118 Å². The highest BCUT2D eigenvalue weighted by atomic mass is 32.1. The predicted octanol–water partition coefficient (Wildman–Crippen LogP) is 4.32. The molecule has 0 aromatic carbocycles. The van der Waals surface area contributed by atoms with Gasteiger partial charge in [0.2, 0.25) is 0 Å². The van der Waals surface area contributed by atoms with Gasteiger partial charge in [-0.3, -0.25) is 0 Å². The van der Waals surface area contributed by atoms with Gasteiger partial charge in [0.05, 0.1) is 0 Å². The van der Waals surface area contributed by atoms with Crippen LogP contribution < -0.4 is 0 Å². The summed E-state index contributed by atoms with van der Waals surface area (Å²) in [6.07, 6.45) is 3.43. The fourth-order valence-electron chi connectivity index (χ4n) is 2.92. The van der Waals surface area contributed by atoms with Gasteiger partial charge in [0.25, 0.3) is 0 Å². The molecular formula is C16H18N2S. The lowest BCUT2D eigenvalue weighted by Crippen LogP contribution is -2.27. The Kier molecular flexibility index (Phi) is 2.87. The van der Waals surface area contributed by atoms with E-state index < -0.39 is 0 Å². The fourth-order valence-corrected chi connectivity index (χ4v) is 3.75. The SMILES string of the molecule is CC(C)(C)C1CCc2nc3sc(C#N)cc3cc2C1. The summed E-state index contributed by atoms with van der Waals surface area (Å²) < 4.78 is 0. The van der Waals surface area contributed by atoms with Crippen molar-refractivity contribution >= 4 is 21.6 Å². The highest BCUT2D eigenvalue weighted by molar-refractivity contribution is 7.19. The molecular weight excluding hydrogens is 252 g/mol. The van der Waals surface area contributed by atoms with Crippen LogP contribution in [0, 0.1) is 22.7 Å². The molecule has 0 spiro atoms. The zero-order chi connectivity index (χ0) is 13.6. The lowest BCUT2D eigenvalue weighted by atomic mass is 9.71. The van der Waals surface area contributed by atoms with Crippen molar-refractivity contribution in [3.05, 3.63) is 28.3 Å². The van der Waals surface area contributed by atoms with Crippen LogP contribution >= 0.6 is 11.3 Å². The minimum absolute atomic E-state index is 0.360. The maximum absolute atomic E-state index is 8.99. The van der Waals surface area contributed by atoms with Crippen molar-refractivity contribution in [3.8, 4) is 6.07 Å². The summed E-state index contributed by atoms with van der Waals surface area (Å²) in [5.41, 5.74) is 3.00. The first-order chi connectivity index (χ1) is 8.97. The number of aryl methyl sites for hydroxylation is 1. The number of fused-ring (bicyclic) bond motifs is 2. The van der Waals surface area contributed by atoms with Gasteiger partial charge >= 0.3 is 0 Å². The van der Waals surface area contributed by atoms with Crippen LogP contribution in [-0.2, 0) is 12.8 Å². The Hall–Kier alpha value is -1.40. The summed E-state index contributed by atoms with van der Waals surface area (Å²) in [4.78, 5) is 6.55. The number of rotatable bonds is 0. The van der Waals surface area contributed by atoms with E-state index in [0.29, 0.717) is 5.41 Å².